The molecule has 0 unspecified atom stereocenters. The fraction of sp³-hybridized carbons (Fsp3) is 0.222. The molecule has 0 aliphatic rings. The molecule has 2 aromatic heterocycles. The first-order valence-corrected chi connectivity index (χ1v) is 8.18. The summed E-state index contributed by atoms with van der Waals surface area (Å²) < 4.78 is 0. The summed E-state index contributed by atoms with van der Waals surface area (Å²) in [7, 11) is 0. The summed E-state index contributed by atoms with van der Waals surface area (Å²) in [5, 5.41) is 1.01. The molecule has 0 atom stereocenters. The van der Waals surface area contributed by atoms with Gasteiger partial charge in [0, 0.05) is 28.4 Å². The molecule has 0 saturated carbocycles. The molecule has 3 nitrogen and oxygen atoms in total. The Morgan fingerprint density at radius 1 is 1.18 bits per heavy atom. The zero-order valence-corrected chi connectivity index (χ0v) is 13.7. The Bertz CT molecular complexity index is 778. The van der Waals surface area contributed by atoms with Gasteiger partial charge in [0.05, 0.1) is 5.69 Å². The second-order valence-electron chi connectivity index (χ2n) is 5.39. The summed E-state index contributed by atoms with van der Waals surface area (Å²) in [5.74, 6) is 0. The first-order valence-electron chi connectivity index (χ1n) is 7.37. The second kappa shape index (κ2) is 6.38. The fourth-order valence-electron chi connectivity index (χ4n) is 2.55. The molecule has 1 aromatic carbocycles. The highest BCUT2D eigenvalue weighted by atomic mass is 32.1. The number of aromatic nitrogens is 2. The number of nitrogens with two attached hydrogens (primary N) is 1. The Balaban J connectivity index is 2.12. The van der Waals surface area contributed by atoms with E-state index in [9.17, 15) is 0 Å². The zero-order chi connectivity index (χ0) is 15.5. The molecular weight excluding hydrogens is 290 g/mol. The van der Waals surface area contributed by atoms with E-state index in [1.54, 1.807) is 17.5 Å². The van der Waals surface area contributed by atoms with Crippen LogP contribution in [-0.4, -0.2) is 16.5 Å². The predicted octanol–water partition coefficient (Wildman–Crippen LogP) is 3.99. The molecule has 0 spiro atoms. The monoisotopic (exact) mass is 309 g/mol. The Hall–Kier alpha value is -2.04. The van der Waals surface area contributed by atoms with E-state index in [4.69, 9.17) is 10.7 Å². The van der Waals surface area contributed by atoms with Gasteiger partial charge in [-0.25, -0.2) is 4.98 Å². The van der Waals surface area contributed by atoms with Crippen LogP contribution in [0, 0.1) is 13.8 Å². The molecule has 3 aromatic rings. The number of aryl methyl sites for hydroxylation is 2. The van der Waals surface area contributed by atoms with Crippen LogP contribution < -0.4 is 5.73 Å². The van der Waals surface area contributed by atoms with E-state index in [1.165, 1.54) is 21.6 Å². The topological polar surface area (TPSA) is 51.8 Å². The third-order valence-electron chi connectivity index (χ3n) is 3.61. The lowest BCUT2D eigenvalue weighted by Crippen LogP contribution is -2.02. The van der Waals surface area contributed by atoms with Crippen molar-refractivity contribution in [2.75, 3.05) is 6.54 Å². The van der Waals surface area contributed by atoms with Crippen LogP contribution in [0.5, 0.6) is 0 Å². The molecule has 2 heterocycles. The van der Waals surface area contributed by atoms with Crippen molar-refractivity contribution < 1.29 is 0 Å². The van der Waals surface area contributed by atoms with E-state index in [-0.39, 0.29) is 0 Å². The molecular formula is C18H19N3S. The molecule has 3 rings (SSSR count). The molecule has 0 bridgehead atoms. The molecule has 0 saturated heterocycles. The number of nitrogens with zero attached hydrogens (tertiary/aromatic N) is 2. The van der Waals surface area contributed by atoms with Crippen molar-refractivity contribution in [3.05, 3.63) is 58.7 Å². The van der Waals surface area contributed by atoms with Gasteiger partial charge in [-0.05, 0) is 44.5 Å². The lowest BCUT2D eigenvalue weighted by molar-refractivity contribution is 0.985. The Morgan fingerprint density at radius 2 is 2.05 bits per heavy atom. The van der Waals surface area contributed by atoms with E-state index < -0.39 is 0 Å². The number of thiazole rings is 1. The van der Waals surface area contributed by atoms with Crippen LogP contribution in [0.4, 0.5) is 0 Å². The second-order valence-corrected chi connectivity index (χ2v) is 6.47. The first kappa shape index (κ1) is 14.9. The maximum atomic E-state index is 5.78. The third kappa shape index (κ3) is 2.93. The summed E-state index contributed by atoms with van der Waals surface area (Å²) in [6.07, 6.45) is 4.49. The molecule has 0 aliphatic carbocycles. The molecule has 0 aliphatic heterocycles. The van der Waals surface area contributed by atoms with Crippen molar-refractivity contribution in [3.8, 4) is 21.8 Å². The minimum atomic E-state index is 0.632. The number of pyridine rings is 1. The Morgan fingerprint density at radius 3 is 2.73 bits per heavy atom. The molecule has 0 fully saturated rings. The highest BCUT2D eigenvalue weighted by Crippen LogP contribution is 2.35. The maximum Gasteiger partial charge on any atom is 0.125 e. The van der Waals surface area contributed by atoms with Crippen molar-refractivity contribution in [2.24, 2.45) is 5.73 Å². The highest BCUT2D eigenvalue weighted by molar-refractivity contribution is 7.15. The summed E-state index contributed by atoms with van der Waals surface area (Å²) in [4.78, 5) is 10.3. The van der Waals surface area contributed by atoms with E-state index in [0.29, 0.717) is 6.54 Å². The lowest BCUT2D eigenvalue weighted by atomic mass is 10.0. The third-order valence-corrected chi connectivity index (χ3v) is 4.78. The normalized spacial score (nSPS) is 10.9. The van der Waals surface area contributed by atoms with Crippen LogP contribution >= 0.6 is 11.3 Å². The van der Waals surface area contributed by atoms with Gasteiger partial charge in [-0.3, -0.25) is 4.98 Å². The molecule has 112 valence electrons. The number of hydrogen-bond donors (Lipinski definition) is 1. The van der Waals surface area contributed by atoms with Crippen LogP contribution in [-0.2, 0) is 6.42 Å². The quantitative estimate of drug-likeness (QED) is 0.793. The number of rotatable bonds is 4. The SMILES string of the molecule is Cc1ccc(-c2nc(-c3cccnc3)sc2CCN)c(C)c1. The van der Waals surface area contributed by atoms with Crippen molar-refractivity contribution >= 4 is 11.3 Å². The van der Waals surface area contributed by atoms with Crippen LogP contribution in [0.15, 0.2) is 42.7 Å². The minimum absolute atomic E-state index is 0.632. The van der Waals surface area contributed by atoms with Gasteiger partial charge in [-0.2, -0.15) is 0 Å². The minimum Gasteiger partial charge on any atom is -0.330 e. The smallest absolute Gasteiger partial charge is 0.125 e. The predicted molar refractivity (Wildman–Crippen MR) is 93.0 cm³/mol. The van der Waals surface area contributed by atoms with Crippen molar-refractivity contribution in [3.63, 3.8) is 0 Å². The molecule has 22 heavy (non-hydrogen) atoms. The summed E-state index contributed by atoms with van der Waals surface area (Å²) in [5.41, 5.74) is 11.6. The average Bonchev–Trinajstić information content (AvgIpc) is 2.92. The van der Waals surface area contributed by atoms with Crippen LogP contribution in [0.25, 0.3) is 21.8 Å². The largest absolute Gasteiger partial charge is 0.330 e. The van der Waals surface area contributed by atoms with Gasteiger partial charge in [0.25, 0.3) is 0 Å². The van der Waals surface area contributed by atoms with Gasteiger partial charge >= 0.3 is 0 Å². The highest BCUT2D eigenvalue weighted by Gasteiger charge is 2.15. The van der Waals surface area contributed by atoms with E-state index >= 15 is 0 Å². The summed E-state index contributed by atoms with van der Waals surface area (Å²) in [6.45, 7) is 4.88. The Labute approximate surface area is 134 Å². The van der Waals surface area contributed by atoms with E-state index in [1.807, 2.05) is 18.3 Å². The summed E-state index contributed by atoms with van der Waals surface area (Å²) >= 11 is 1.71. The van der Waals surface area contributed by atoms with Gasteiger partial charge in [-0.15, -0.1) is 11.3 Å². The maximum absolute atomic E-state index is 5.78. The number of benzene rings is 1. The van der Waals surface area contributed by atoms with Crippen molar-refractivity contribution in [1.29, 1.82) is 0 Å². The van der Waals surface area contributed by atoms with Crippen LogP contribution in [0.1, 0.15) is 16.0 Å². The lowest BCUT2D eigenvalue weighted by Gasteiger charge is -2.06. The van der Waals surface area contributed by atoms with Crippen molar-refractivity contribution in [1.82, 2.24) is 9.97 Å². The molecule has 0 radical (unpaired) electrons. The van der Waals surface area contributed by atoms with Gasteiger partial charge in [0.1, 0.15) is 5.01 Å². The average molecular weight is 309 g/mol. The molecule has 0 amide bonds. The van der Waals surface area contributed by atoms with Gasteiger partial charge < -0.3 is 5.73 Å². The fourth-order valence-corrected chi connectivity index (χ4v) is 3.64. The molecule has 4 heteroatoms. The van der Waals surface area contributed by atoms with Crippen LogP contribution in [0.2, 0.25) is 0 Å². The van der Waals surface area contributed by atoms with E-state index in [0.717, 1.165) is 22.7 Å². The van der Waals surface area contributed by atoms with Gasteiger partial charge in [0.15, 0.2) is 0 Å². The first-order chi connectivity index (χ1) is 10.7. The van der Waals surface area contributed by atoms with Gasteiger partial charge in [-0.1, -0.05) is 23.8 Å². The Kier molecular flexibility index (Phi) is 4.32. The van der Waals surface area contributed by atoms with Crippen molar-refractivity contribution in [2.45, 2.75) is 20.3 Å². The van der Waals surface area contributed by atoms with Gasteiger partial charge in [0.2, 0.25) is 0 Å². The van der Waals surface area contributed by atoms with E-state index in [2.05, 4.69) is 37.0 Å². The zero-order valence-electron chi connectivity index (χ0n) is 12.8. The van der Waals surface area contributed by atoms with Crippen LogP contribution in [0.3, 0.4) is 0 Å². The standard InChI is InChI=1S/C18H19N3S/c1-12-5-6-15(13(2)10-12)17-16(7-8-19)22-18(21-17)14-4-3-9-20-11-14/h3-6,9-11H,7-8,19H2,1-2H3. The summed E-state index contributed by atoms with van der Waals surface area (Å²) in [6, 6.07) is 10.5. The molecule has 2 N–H and O–H groups in total. The number of hydrogen-bond acceptors (Lipinski definition) is 4.